The van der Waals surface area contributed by atoms with Gasteiger partial charge in [-0.25, -0.2) is 0 Å². The summed E-state index contributed by atoms with van der Waals surface area (Å²) < 4.78 is 1.97. The van der Waals surface area contributed by atoms with Crippen LogP contribution in [-0.2, 0) is 0 Å². The Bertz CT molecular complexity index is 519. The summed E-state index contributed by atoms with van der Waals surface area (Å²) in [4.78, 5) is 0. The fraction of sp³-hybridized carbons (Fsp3) is 0.462. The van der Waals surface area contributed by atoms with E-state index in [2.05, 4.69) is 28.8 Å². The predicted molar refractivity (Wildman–Crippen MR) is 77.4 cm³/mol. The van der Waals surface area contributed by atoms with E-state index in [0.29, 0.717) is 0 Å². The van der Waals surface area contributed by atoms with E-state index in [-0.39, 0.29) is 12.1 Å². The van der Waals surface area contributed by atoms with E-state index in [1.165, 1.54) is 5.56 Å². The maximum atomic E-state index is 6.27. The highest BCUT2D eigenvalue weighted by Gasteiger charge is 2.24. The maximum Gasteiger partial charge on any atom is 0.0930 e. The summed E-state index contributed by atoms with van der Waals surface area (Å²) in [6.45, 7) is 6.01. The molecule has 2 unspecified atom stereocenters. The number of hydrogen-bond donors (Lipinski definition) is 1. The number of halogens is 1. The van der Waals surface area contributed by atoms with Crippen molar-refractivity contribution in [1.82, 2.24) is 9.78 Å². The molecule has 0 bridgehead atoms. The van der Waals surface area contributed by atoms with E-state index >= 15 is 0 Å². The Hall–Kier alpha value is -0.840. The Morgan fingerprint density at radius 2 is 2.22 bits per heavy atom. The first-order chi connectivity index (χ1) is 8.56. The molecule has 0 aliphatic heterocycles. The zero-order valence-corrected chi connectivity index (χ0v) is 12.4. The minimum atomic E-state index is 0.0358. The normalized spacial score (nSPS) is 14.7. The van der Waals surface area contributed by atoms with Crippen LogP contribution in [-0.4, -0.2) is 15.8 Å². The van der Waals surface area contributed by atoms with E-state index < -0.39 is 0 Å². The van der Waals surface area contributed by atoms with Crippen LogP contribution in [0, 0.1) is 13.8 Å². The van der Waals surface area contributed by atoms with Crippen molar-refractivity contribution in [1.29, 1.82) is 0 Å². The van der Waals surface area contributed by atoms with Crippen molar-refractivity contribution in [3.8, 4) is 0 Å². The van der Waals surface area contributed by atoms with Crippen LogP contribution in [0.4, 0.5) is 0 Å². The number of hydrogen-bond acceptors (Lipinski definition) is 3. The lowest BCUT2D eigenvalue weighted by Gasteiger charge is -2.24. The quantitative estimate of drug-likeness (QED) is 0.933. The minimum absolute atomic E-state index is 0.0358. The summed E-state index contributed by atoms with van der Waals surface area (Å²) in [5.74, 6) is 0. The van der Waals surface area contributed by atoms with Crippen molar-refractivity contribution >= 4 is 22.9 Å². The molecule has 2 N–H and O–H groups in total. The van der Waals surface area contributed by atoms with Gasteiger partial charge in [-0.15, -0.1) is 0 Å². The number of nitrogens with two attached hydrogens (primary N) is 1. The van der Waals surface area contributed by atoms with Crippen LogP contribution < -0.4 is 5.73 Å². The molecule has 0 saturated carbocycles. The fourth-order valence-corrected chi connectivity index (χ4v) is 2.96. The van der Waals surface area contributed by atoms with Gasteiger partial charge in [0, 0.05) is 6.04 Å². The molecule has 98 valence electrons. The summed E-state index contributed by atoms with van der Waals surface area (Å²) in [5.41, 5.74) is 9.31. The van der Waals surface area contributed by atoms with Crippen LogP contribution >= 0.6 is 22.9 Å². The Balaban J connectivity index is 2.50. The van der Waals surface area contributed by atoms with Gasteiger partial charge in [0.25, 0.3) is 0 Å². The van der Waals surface area contributed by atoms with Crippen LogP contribution in [0.5, 0.6) is 0 Å². The van der Waals surface area contributed by atoms with E-state index in [1.807, 2.05) is 18.5 Å². The predicted octanol–water partition coefficient (Wildman–Crippen LogP) is 3.54. The molecule has 2 atom stereocenters. The standard InChI is InChI=1S/C13H18ClN3S/c1-4-11(15)13(10-5-6-18-7-10)17-9(3)12(14)8(2)16-17/h5-7,11,13H,4,15H2,1-3H3. The smallest absolute Gasteiger partial charge is 0.0930 e. The van der Waals surface area contributed by atoms with Crippen LogP contribution in [0.15, 0.2) is 16.8 Å². The summed E-state index contributed by atoms with van der Waals surface area (Å²) in [6.07, 6.45) is 0.899. The molecule has 0 aromatic carbocycles. The molecule has 0 amide bonds. The number of nitrogens with zero attached hydrogens (tertiary/aromatic N) is 2. The van der Waals surface area contributed by atoms with Gasteiger partial charge < -0.3 is 5.73 Å². The Labute approximate surface area is 117 Å². The lowest BCUT2D eigenvalue weighted by atomic mass is 10.0. The lowest BCUT2D eigenvalue weighted by molar-refractivity contribution is 0.416. The van der Waals surface area contributed by atoms with E-state index in [1.54, 1.807) is 11.3 Å². The van der Waals surface area contributed by atoms with Gasteiger partial charge in [0.2, 0.25) is 0 Å². The van der Waals surface area contributed by atoms with Crippen molar-refractivity contribution in [2.24, 2.45) is 5.73 Å². The molecule has 2 heterocycles. The van der Waals surface area contributed by atoms with Gasteiger partial charge in [-0.1, -0.05) is 18.5 Å². The van der Waals surface area contributed by atoms with Crippen molar-refractivity contribution < 1.29 is 0 Å². The molecule has 0 radical (unpaired) electrons. The zero-order valence-electron chi connectivity index (χ0n) is 10.9. The Kier molecular flexibility index (Phi) is 4.10. The van der Waals surface area contributed by atoms with E-state index in [0.717, 1.165) is 22.8 Å². The molecule has 0 spiro atoms. The Morgan fingerprint density at radius 3 is 2.67 bits per heavy atom. The first kappa shape index (κ1) is 13.6. The van der Waals surface area contributed by atoms with Crippen LogP contribution in [0.2, 0.25) is 5.02 Å². The third-order valence-corrected chi connectivity index (χ3v) is 4.51. The molecular weight excluding hydrogens is 266 g/mol. The van der Waals surface area contributed by atoms with Gasteiger partial charge in [0.05, 0.1) is 22.5 Å². The number of rotatable bonds is 4. The van der Waals surface area contributed by atoms with Gasteiger partial charge in [0.15, 0.2) is 0 Å². The highest BCUT2D eigenvalue weighted by Crippen LogP contribution is 2.29. The van der Waals surface area contributed by atoms with Crippen LogP contribution in [0.3, 0.4) is 0 Å². The number of aromatic nitrogens is 2. The van der Waals surface area contributed by atoms with Crippen LogP contribution in [0.25, 0.3) is 0 Å². The SMILES string of the molecule is CCC(N)C(c1ccsc1)n1nc(C)c(Cl)c1C. The summed E-state index contributed by atoms with van der Waals surface area (Å²) in [6, 6.07) is 2.20. The average molecular weight is 284 g/mol. The van der Waals surface area contributed by atoms with Crippen LogP contribution in [0.1, 0.15) is 36.3 Å². The molecule has 0 saturated heterocycles. The highest BCUT2D eigenvalue weighted by atomic mass is 35.5. The topological polar surface area (TPSA) is 43.8 Å². The maximum absolute atomic E-state index is 6.27. The van der Waals surface area contributed by atoms with Gasteiger partial charge in [0.1, 0.15) is 0 Å². The van der Waals surface area contributed by atoms with Gasteiger partial charge in [-0.3, -0.25) is 4.68 Å². The summed E-state index contributed by atoms with van der Waals surface area (Å²) in [5, 5.41) is 9.48. The molecule has 0 fully saturated rings. The molecular formula is C13H18ClN3S. The third-order valence-electron chi connectivity index (χ3n) is 3.26. The summed E-state index contributed by atoms with van der Waals surface area (Å²) in [7, 11) is 0. The third kappa shape index (κ3) is 2.32. The minimum Gasteiger partial charge on any atom is -0.326 e. The fourth-order valence-electron chi connectivity index (χ4n) is 2.15. The van der Waals surface area contributed by atoms with Crippen molar-refractivity contribution in [2.45, 2.75) is 39.3 Å². The second-order valence-corrected chi connectivity index (χ2v) is 5.66. The largest absolute Gasteiger partial charge is 0.326 e. The van der Waals surface area contributed by atoms with Crippen molar-refractivity contribution in [2.75, 3.05) is 0 Å². The van der Waals surface area contributed by atoms with Gasteiger partial charge >= 0.3 is 0 Å². The summed E-state index contributed by atoms with van der Waals surface area (Å²) >= 11 is 7.91. The van der Waals surface area contributed by atoms with E-state index in [9.17, 15) is 0 Å². The zero-order chi connectivity index (χ0) is 13.3. The highest BCUT2D eigenvalue weighted by molar-refractivity contribution is 7.07. The molecule has 2 aromatic rings. The molecule has 18 heavy (non-hydrogen) atoms. The monoisotopic (exact) mass is 283 g/mol. The molecule has 2 aromatic heterocycles. The molecule has 0 aliphatic rings. The average Bonchev–Trinajstić information content (AvgIpc) is 2.96. The van der Waals surface area contributed by atoms with Crippen molar-refractivity contribution in [3.63, 3.8) is 0 Å². The molecule has 3 nitrogen and oxygen atoms in total. The van der Waals surface area contributed by atoms with Crippen molar-refractivity contribution in [3.05, 3.63) is 38.8 Å². The second kappa shape index (κ2) is 5.43. The van der Waals surface area contributed by atoms with E-state index in [4.69, 9.17) is 17.3 Å². The number of aryl methyl sites for hydroxylation is 1. The first-order valence-corrected chi connectivity index (χ1v) is 7.37. The lowest BCUT2D eigenvalue weighted by Crippen LogP contribution is -2.33. The number of thiophene rings is 1. The second-order valence-electron chi connectivity index (χ2n) is 4.50. The van der Waals surface area contributed by atoms with Gasteiger partial charge in [-0.05, 0) is 42.7 Å². The first-order valence-electron chi connectivity index (χ1n) is 6.05. The molecule has 5 heteroatoms. The molecule has 2 rings (SSSR count). The van der Waals surface area contributed by atoms with Gasteiger partial charge in [-0.2, -0.15) is 16.4 Å². The Morgan fingerprint density at radius 1 is 1.50 bits per heavy atom. The molecule has 0 aliphatic carbocycles.